The fourth-order valence-corrected chi connectivity index (χ4v) is 6.86. The molecule has 2 saturated carbocycles. The van der Waals surface area contributed by atoms with Gasteiger partial charge in [-0.15, -0.1) is 0 Å². The van der Waals surface area contributed by atoms with Crippen molar-refractivity contribution in [1.29, 1.82) is 0 Å². The molecule has 1 aromatic heterocycles. The standard InChI is InChI=1S/C21H23ClN4O2S/c22-14-4-2-13(3-5-14)18-15-9-25(10-16(15)18)20-23-8-17-19(24-20)26(12-29(17)28)21(11-27)6-1-7-21/h2-5,8,15-16,18,27H,1,6-7,9-12H2/t15?,16?,18?,29-/m1/s1. The van der Waals surface area contributed by atoms with Crippen LogP contribution >= 0.6 is 11.6 Å². The highest BCUT2D eigenvalue weighted by Gasteiger charge is 2.57. The molecule has 3 atom stereocenters. The molecule has 6 nitrogen and oxygen atoms in total. The Morgan fingerprint density at radius 3 is 2.55 bits per heavy atom. The Bertz CT molecular complexity index is 979. The van der Waals surface area contributed by atoms with Gasteiger partial charge in [-0.05, 0) is 54.7 Å². The minimum atomic E-state index is -1.12. The highest BCUT2D eigenvalue weighted by atomic mass is 35.5. The largest absolute Gasteiger partial charge is 0.394 e. The van der Waals surface area contributed by atoms with E-state index in [2.05, 4.69) is 26.9 Å². The van der Waals surface area contributed by atoms with Gasteiger partial charge in [-0.2, -0.15) is 4.98 Å². The first-order valence-electron chi connectivity index (χ1n) is 10.2. The number of benzene rings is 1. The molecule has 2 aliphatic carbocycles. The van der Waals surface area contributed by atoms with Gasteiger partial charge in [0.1, 0.15) is 10.8 Å². The van der Waals surface area contributed by atoms with Gasteiger partial charge in [0, 0.05) is 18.1 Å². The SMILES string of the molecule is O=[S@@]1CN(C2(CO)CCC2)c2nc(N3CC4C(C3)C4c3ccc(Cl)cc3)ncc21. The summed E-state index contributed by atoms with van der Waals surface area (Å²) in [5, 5.41) is 10.8. The molecule has 0 spiro atoms. The minimum absolute atomic E-state index is 0.0829. The molecular formula is C21H23ClN4O2S. The molecule has 0 bridgehead atoms. The third-order valence-corrected chi connectivity index (χ3v) is 8.88. The Hall–Kier alpha value is -1.70. The van der Waals surface area contributed by atoms with E-state index < -0.39 is 10.8 Å². The second-order valence-corrected chi connectivity index (χ2v) is 10.6. The number of aromatic nitrogens is 2. The summed E-state index contributed by atoms with van der Waals surface area (Å²) in [5.41, 5.74) is 1.08. The molecule has 0 amide bonds. The van der Waals surface area contributed by atoms with Crippen molar-refractivity contribution in [2.75, 3.05) is 35.4 Å². The Morgan fingerprint density at radius 2 is 1.93 bits per heavy atom. The molecule has 8 heteroatoms. The van der Waals surface area contributed by atoms with Gasteiger partial charge in [0.25, 0.3) is 0 Å². The van der Waals surface area contributed by atoms with Crippen molar-refractivity contribution in [3.05, 3.63) is 41.0 Å². The third-order valence-electron chi connectivity index (χ3n) is 7.35. The molecule has 3 heterocycles. The molecule has 1 saturated heterocycles. The summed E-state index contributed by atoms with van der Waals surface area (Å²) >= 11 is 6.02. The molecule has 0 radical (unpaired) electrons. The molecule has 152 valence electrons. The van der Waals surface area contributed by atoms with E-state index in [0.717, 1.165) is 49.1 Å². The monoisotopic (exact) mass is 430 g/mol. The predicted octanol–water partition coefficient (Wildman–Crippen LogP) is 2.78. The van der Waals surface area contributed by atoms with Crippen molar-refractivity contribution >= 4 is 34.2 Å². The molecule has 3 fully saturated rings. The van der Waals surface area contributed by atoms with Crippen molar-refractivity contribution in [2.24, 2.45) is 11.8 Å². The van der Waals surface area contributed by atoms with Crippen molar-refractivity contribution in [3.8, 4) is 0 Å². The van der Waals surface area contributed by atoms with Gasteiger partial charge in [-0.1, -0.05) is 23.7 Å². The van der Waals surface area contributed by atoms with Crippen molar-refractivity contribution in [3.63, 3.8) is 0 Å². The first kappa shape index (κ1) is 18.1. The predicted molar refractivity (Wildman–Crippen MR) is 113 cm³/mol. The number of hydrogen-bond acceptors (Lipinski definition) is 6. The highest BCUT2D eigenvalue weighted by Crippen LogP contribution is 2.58. The molecular weight excluding hydrogens is 408 g/mol. The summed E-state index contributed by atoms with van der Waals surface area (Å²) in [4.78, 5) is 14.4. The van der Waals surface area contributed by atoms with E-state index in [0.29, 0.717) is 28.5 Å². The van der Waals surface area contributed by atoms with Crippen molar-refractivity contribution < 1.29 is 9.32 Å². The average molecular weight is 431 g/mol. The maximum Gasteiger partial charge on any atom is 0.227 e. The van der Waals surface area contributed by atoms with Crippen molar-refractivity contribution in [2.45, 2.75) is 35.6 Å². The Kier molecular flexibility index (Phi) is 3.99. The summed E-state index contributed by atoms with van der Waals surface area (Å²) in [6, 6.07) is 8.22. The second-order valence-electron chi connectivity index (χ2n) is 8.81. The number of anilines is 2. The number of nitrogens with zero attached hydrogens (tertiary/aromatic N) is 4. The van der Waals surface area contributed by atoms with Crippen LogP contribution in [0, 0.1) is 11.8 Å². The molecule has 6 rings (SSSR count). The average Bonchev–Trinajstić information content (AvgIpc) is 3.04. The summed E-state index contributed by atoms with van der Waals surface area (Å²) in [5.74, 6) is 3.77. The van der Waals surface area contributed by atoms with Gasteiger partial charge < -0.3 is 14.9 Å². The zero-order chi connectivity index (χ0) is 19.8. The second kappa shape index (κ2) is 6.40. The van der Waals surface area contributed by atoms with Crippen molar-refractivity contribution in [1.82, 2.24) is 9.97 Å². The maximum absolute atomic E-state index is 12.6. The molecule has 2 unspecified atom stereocenters. The lowest BCUT2D eigenvalue weighted by Crippen LogP contribution is -2.56. The molecule has 2 aromatic rings. The van der Waals surface area contributed by atoms with Crippen LogP contribution in [0.25, 0.3) is 0 Å². The number of rotatable bonds is 4. The Labute approximate surface area is 177 Å². The van der Waals surface area contributed by atoms with E-state index in [9.17, 15) is 9.32 Å². The third kappa shape index (κ3) is 2.67. The number of aliphatic hydroxyl groups excluding tert-OH is 1. The van der Waals surface area contributed by atoms with E-state index in [1.54, 1.807) is 6.20 Å². The van der Waals surface area contributed by atoms with Crippen LogP contribution in [-0.2, 0) is 10.8 Å². The minimum Gasteiger partial charge on any atom is -0.394 e. The van der Waals surface area contributed by atoms with E-state index in [1.807, 2.05) is 12.1 Å². The number of fused-ring (bicyclic) bond motifs is 2. The molecule has 29 heavy (non-hydrogen) atoms. The van der Waals surface area contributed by atoms with Crippen LogP contribution in [0.5, 0.6) is 0 Å². The number of hydrogen-bond donors (Lipinski definition) is 1. The van der Waals surface area contributed by atoms with Crippen LogP contribution in [0.1, 0.15) is 30.7 Å². The van der Waals surface area contributed by atoms with Crippen LogP contribution in [-0.4, -0.2) is 50.4 Å². The molecule has 1 aromatic carbocycles. The lowest BCUT2D eigenvalue weighted by atomic mass is 9.76. The van der Waals surface area contributed by atoms with Gasteiger partial charge in [0.2, 0.25) is 5.95 Å². The van der Waals surface area contributed by atoms with Gasteiger partial charge in [0.15, 0.2) is 5.82 Å². The Morgan fingerprint density at radius 1 is 1.21 bits per heavy atom. The van der Waals surface area contributed by atoms with Crippen LogP contribution < -0.4 is 9.80 Å². The van der Waals surface area contributed by atoms with Crippen LogP contribution in [0.4, 0.5) is 11.8 Å². The van der Waals surface area contributed by atoms with Crippen LogP contribution in [0.3, 0.4) is 0 Å². The van der Waals surface area contributed by atoms with Gasteiger partial charge in [-0.25, -0.2) is 4.98 Å². The fraction of sp³-hybridized carbons (Fsp3) is 0.524. The van der Waals surface area contributed by atoms with Gasteiger partial charge in [-0.3, -0.25) is 4.21 Å². The van der Waals surface area contributed by atoms with Gasteiger partial charge >= 0.3 is 0 Å². The summed E-state index contributed by atoms with van der Waals surface area (Å²) in [6.07, 6.45) is 4.68. The first-order valence-corrected chi connectivity index (χ1v) is 11.9. The Balaban J connectivity index is 1.23. The normalized spacial score (nSPS) is 31.4. The van der Waals surface area contributed by atoms with E-state index >= 15 is 0 Å². The summed E-state index contributed by atoms with van der Waals surface area (Å²) < 4.78 is 12.6. The molecule has 4 aliphatic rings. The molecule has 1 N–H and O–H groups in total. The van der Waals surface area contributed by atoms with Crippen LogP contribution in [0.2, 0.25) is 5.02 Å². The van der Waals surface area contributed by atoms with Gasteiger partial charge in [0.05, 0.1) is 29.1 Å². The van der Waals surface area contributed by atoms with E-state index in [1.165, 1.54) is 5.56 Å². The van der Waals surface area contributed by atoms with E-state index in [-0.39, 0.29) is 12.1 Å². The zero-order valence-corrected chi connectivity index (χ0v) is 17.6. The lowest BCUT2D eigenvalue weighted by Gasteiger charge is -2.47. The smallest absolute Gasteiger partial charge is 0.227 e. The highest BCUT2D eigenvalue weighted by molar-refractivity contribution is 7.85. The fourth-order valence-electron chi connectivity index (χ4n) is 5.44. The topological polar surface area (TPSA) is 69.6 Å². The number of piperidine rings is 1. The quantitative estimate of drug-likeness (QED) is 0.804. The number of aliphatic hydroxyl groups is 1. The van der Waals surface area contributed by atoms with E-state index in [4.69, 9.17) is 16.6 Å². The first-order chi connectivity index (χ1) is 14.1. The zero-order valence-electron chi connectivity index (χ0n) is 16.0. The number of halogens is 1. The summed E-state index contributed by atoms with van der Waals surface area (Å²) in [6.45, 7) is 1.98. The van der Waals surface area contributed by atoms with Crippen LogP contribution in [0.15, 0.2) is 35.4 Å². The maximum atomic E-state index is 12.6. The lowest BCUT2D eigenvalue weighted by molar-refractivity contribution is 0.119. The molecule has 2 aliphatic heterocycles. The summed E-state index contributed by atoms with van der Waals surface area (Å²) in [7, 11) is -1.12.